The molecule has 1 atom stereocenters. The fourth-order valence-electron chi connectivity index (χ4n) is 3.15. The van der Waals surface area contributed by atoms with E-state index in [1.54, 1.807) is 13.8 Å². The highest BCUT2D eigenvalue weighted by Crippen LogP contribution is 2.40. The molecule has 0 N–H and O–H groups in total. The van der Waals surface area contributed by atoms with Crippen LogP contribution < -0.4 is 0 Å². The third-order valence-electron chi connectivity index (χ3n) is 4.51. The zero-order valence-corrected chi connectivity index (χ0v) is 14.4. The van der Waals surface area contributed by atoms with Crippen LogP contribution in [-0.4, -0.2) is 26.3 Å². The predicted molar refractivity (Wildman–Crippen MR) is 86.9 cm³/mol. The second-order valence-corrected chi connectivity index (χ2v) is 6.92. The van der Waals surface area contributed by atoms with Crippen molar-refractivity contribution in [2.75, 3.05) is 0 Å². The number of hydrogen-bond donors (Lipinski definition) is 0. The lowest BCUT2D eigenvalue weighted by atomic mass is 9.97. The van der Waals surface area contributed by atoms with Gasteiger partial charge in [0.25, 0.3) is 0 Å². The van der Waals surface area contributed by atoms with Gasteiger partial charge in [0.1, 0.15) is 28.2 Å². The summed E-state index contributed by atoms with van der Waals surface area (Å²) in [4.78, 5) is 11.9. The Bertz CT molecular complexity index is 1110. The van der Waals surface area contributed by atoms with Gasteiger partial charge in [-0.25, -0.2) is 15.0 Å². The average molecular weight is 402 g/mol. The van der Waals surface area contributed by atoms with Crippen LogP contribution in [0.1, 0.15) is 36.9 Å². The number of rotatable bonds is 1. The largest absolute Gasteiger partial charge is 0.471 e. The lowest BCUT2D eigenvalue weighted by molar-refractivity contribution is -0.144. The molecule has 0 radical (unpaired) electrons. The van der Waals surface area contributed by atoms with Crippen molar-refractivity contribution in [3.05, 3.63) is 41.3 Å². The highest BCUT2D eigenvalue weighted by atomic mass is 19.4. The zero-order valence-electron chi connectivity index (χ0n) is 14.4. The molecule has 0 fully saturated rings. The summed E-state index contributed by atoms with van der Waals surface area (Å²) in [6.45, 7) is 3.54. The number of halogens is 6. The molecule has 3 aromatic heterocycles. The van der Waals surface area contributed by atoms with Gasteiger partial charge in [-0.1, -0.05) is 0 Å². The number of fused-ring (bicyclic) bond motifs is 3. The first-order valence-corrected chi connectivity index (χ1v) is 8.04. The van der Waals surface area contributed by atoms with Crippen LogP contribution in [0.25, 0.3) is 16.7 Å². The standard InChI is InChI=1S/C17H12F6N4O/c1-15(2)13(28-7-24-15)10-6-27-12(25-10)4-3-8-9(16(18,19)20)5-11(17(21,22)23)26-14(8)27/h3-7,13H,1-2H3. The minimum atomic E-state index is -5.04. The van der Waals surface area contributed by atoms with Gasteiger partial charge in [0, 0.05) is 11.6 Å². The van der Waals surface area contributed by atoms with E-state index in [9.17, 15) is 26.3 Å². The first-order valence-electron chi connectivity index (χ1n) is 8.04. The van der Waals surface area contributed by atoms with E-state index in [-0.39, 0.29) is 11.7 Å². The maximum atomic E-state index is 13.4. The molecule has 11 heteroatoms. The van der Waals surface area contributed by atoms with Gasteiger partial charge >= 0.3 is 12.4 Å². The first-order chi connectivity index (χ1) is 12.9. The van der Waals surface area contributed by atoms with Crippen LogP contribution in [0.3, 0.4) is 0 Å². The summed E-state index contributed by atoms with van der Waals surface area (Å²) in [6, 6.07) is 2.37. The molecule has 4 heterocycles. The SMILES string of the molecule is CC1(C)N=COC1c1cn2c(ccc3c(C(F)(F)F)cc(C(F)(F)F)nc32)n1. The molecular formula is C17H12F6N4O. The van der Waals surface area contributed by atoms with Crippen molar-refractivity contribution in [2.45, 2.75) is 37.8 Å². The van der Waals surface area contributed by atoms with E-state index in [1.807, 2.05) is 0 Å². The Morgan fingerprint density at radius 1 is 1.04 bits per heavy atom. The maximum absolute atomic E-state index is 13.4. The summed E-state index contributed by atoms with van der Waals surface area (Å²) in [5.74, 6) is 0. The lowest BCUT2D eigenvalue weighted by Crippen LogP contribution is -2.23. The molecule has 0 saturated heterocycles. The second kappa shape index (κ2) is 5.58. The molecule has 4 rings (SSSR count). The first kappa shape index (κ1) is 18.5. The van der Waals surface area contributed by atoms with Gasteiger partial charge in [0.2, 0.25) is 0 Å². The third-order valence-corrected chi connectivity index (χ3v) is 4.51. The molecule has 0 aliphatic carbocycles. The Balaban J connectivity index is 2.01. The summed E-state index contributed by atoms with van der Waals surface area (Å²) in [5, 5.41) is -0.459. The fourth-order valence-corrected chi connectivity index (χ4v) is 3.15. The lowest BCUT2D eigenvalue weighted by Gasteiger charge is -2.20. The Labute approximate surface area is 153 Å². The predicted octanol–water partition coefficient (Wildman–Crippen LogP) is 4.80. The van der Waals surface area contributed by atoms with Crippen molar-refractivity contribution < 1.29 is 31.1 Å². The topological polar surface area (TPSA) is 51.8 Å². The Hall–Kier alpha value is -2.85. The van der Waals surface area contributed by atoms with Gasteiger partial charge in [-0.15, -0.1) is 0 Å². The number of aliphatic imine (C=N–C) groups is 1. The maximum Gasteiger partial charge on any atom is 0.433 e. The monoisotopic (exact) mass is 402 g/mol. The van der Waals surface area contributed by atoms with E-state index < -0.39 is 46.3 Å². The molecular weight excluding hydrogens is 390 g/mol. The molecule has 5 nitrogen and oxygen atoms in total. The molecule has 3 aromatic rings. The molecule has 0 amide bonds. The van der Waals surface area contributed by atoms with E-state index >= 15 is 0 Å². The van der Waals surface area contributed by atoms with Crippen LogP contribution in [0.15, 0.2) is 29.4 Å². The summed E-state index contributed by atoms with van der Waals surface area (Å²) in [5.41, 5.74) is -3.75. The number of pyridine rings is 2. The van der Waals surface area contributed by atoms with Gasteiger partial charge in [0.15, 0.2) is 12.5 Å². The quantitative estimate of drug-likeness (QED) is 0.550. The number of nitrogens with zero attached hydrogens (tertiary/aromatic N) is 4. The number of imidazole rings is 1. The zero-order chi connectivity index (χ0) is 20.5. The van der Waals surface area contributed by atoms with Crippen molar-refractivity contribution in [1.29, 1.82) is 0 Å². The van der Waals surface area contributed by atoms with Crippen molar-refractivity contribution in [3.63, 3.8) is 0 Å². The fraction of sp³-hybridized carbons (Fsp3) is 0.353. The number of ether oxygens (including phenoxy) is 1. The van der Waals surface area contributed by atoms with E-state index in [4.69, 9.17) is 4.74 Å². The van der Waals surface area contributed by atoms with Crippen molar-refractivity contribution in [1.82, 2.24) is 14.4 Å². The summed E-state index contributed by atoms with van der Waals surface area (Å²) in [6.07, 6.45) is -8.08. The molecule has 0 spiro atoms. The summed E-state index contributed by atoms with van der Waals surface area (Å²) in [7, 11) is 0. The Kier molecular flexibility index (Phi) is 3.69. The van der Waals surface area contributed by atoms with Crippen LogP contribution in [0.2, 0.25) is 0 Å². The average Bonchev–Trinajstić information content (AvgIpc) is 3.14. The van der Waals surface area contributed by atoms with Crippen molar-refractivity contribution >= 4 is 23.1 Å². The van der Waals surface area contributed by atoms with Crippen molar-refractivity contribution in [3.8, 4) is 0 Å². The molecule has 28 heavy (non-hydrogen) atoms. The van der Waals surface area contributed by atoms with Gasteiger partial charge in [-0.05, 0) is 32.0 Å². The number of alkyl halides is 6. The Morgan fingerprint density at radius 2 is 1.75 bits per heavy atom. The van der Waals surface area contributed by atoms with Crippen LogP contribution in [0.4, 0.5) is 26.3 Å². The normalized spacial score (nSPS) is 19.5. The van der Waals surface area contributed by atoms with E-state index in [0.29, 0.717) is 5.69 Å². The highest BCUT2D eigenvalue weighted by Gasteiger charge is 2.40. The number of hydrogen-bond acceptors (Lipinski definition) is 4. The van der Waals surface area contributed by atoms with E-state index in [1.165, 1.54) is 18.7 Å². The van der Waals surface area contributed by atoms with E-state index in [0.717, 1.165) is 10.5 Å². The summed E-state index contributed by atoms with van der Waals surface area (Å²) < 4.78 is 86.1. The van der Waals surface area contributed by atoms with Gasteiger partial charge < -0.3 is 4.74 Å². The van der Waals surface area contributed by atoms with Gasteiger partial charge in [-0.3, -0.25) is 4.40 Å². The molecule has 1 aliphatic heterocycles. The smallest absolute Gasteiger partial charge is 0.433 e. The molecule has 1 unspecified atom stereocenters. The Morgan fingerprint density at radius 3 is 2.32 bits per heavy atom. The van der Waals surface area contributed by atoms with E-state index in [2.05, 4.69) is 15.0 Å². The van der Waals surface area contributed by atoms with Gasteiger partial charge in [0.05, 0.1) is 5.56 Å². The second-order valence-electron chi connectivity index (χ2n) is 6.92. The highest BCUT2D eigenvalue weighted by molar-refractivity contribution is 5.83. The molecule has 148 valence electrons. The number of aromatic nitrogens is 3. The van der Waals surface area contributed by atoms with Gasteiger partial charge in [-0.2, -0.15) is 26.3 Å². The van der Waals surface area contributed by atoms with Crippen LogP contribution >= 0.6 is 0 Å². The molecule has 0 bridgehead atoms. The summed E-state index contributed by atoms with van der Waals surface area (Å²) >= 11 is 0. The molecule has 1 aliphatic rings. The van der Waals surface area contributed by atoms with Crippen LogP contribution in [0, 0.1) is 0 Å². The molecule has 0 saturated carbocycles. The third kappa shape index (κ3) is 2.85. The van der Waals surface area contributed by atoms with Crippen LogP contribution in [0.5, 0.6) is 0 Å². The van der Waals surface area contributed by atoms with Crippen molar-refractivity contribution in [2.24, 2.45) is 4.99 Å². The minimum absolute atomic E-state index is 0.0169. The minimum Gasteiger partial charge on any atom is -0.471 e. The van der Waals surface area contributed by atoms with Crippen LogP contribution in [-0.2, 0) is 17.1 Å². The molecule has 0 aromatic carbocycles.